The van der Waals surface area contributed by atoms with Crippen LogP contribution in [0.2, 0.25) is 0 Å². The molecule has 6 N–H and O–H groups in total. The molecule has 6 aromatic carbocycles. The molecule has 6 aliphatic rings. The Morgan fingerprint density at radius 1 is 0.404 bits per heavy atom. The molecule has 488 valence electrons. The van der Waals surface area contributed by atoms with E-state index in [4.69, 9.17) is 29.4 Å². The molecule has 94 heavy (non-hydrogen) atoms. The first kappa shape index (κ1) is 61.3. The minimum atomic E-state index is -0.573. The zero-order valence-electron chi connectivity index (χ0n) is 54.4. The summed E-state index contributed by atoms with van der Waals surface area (Å²) in [7, 11) is 0. The Morgan fingerprint density at radius 3 is 1.03 bits per heavy atom. The number of imidazole rings is 4. The van der Waals surface area contributed by atoms with Crippen LogP contribution in [0.3, 0.4) is 0 Å². The van der Waals surface area contributed by atoms with Crippen molar-refractivity contribution >= 4 is 67.7 Å². The van der Waals surface area contributed by atoms with Gasteiger partial charge < -0.3 is 49.8 Å². The van der Waals surface area contributed by atoms with E-state index in [0.717, 1.165) is 167 Å². The molecule has 16 rings (SSSR count). The minimum absolute atomic E-state index is 0.0234. The predicted molar refractivity (Wildman–Crippen MR) is 361 cm³/mol. The predicted octanol–water partition coefficient (Wildman–Crippen LogP) is 16.3. The molecule has 6 saturated heterocycles. The van der Waals surface area contributed by atoms with Gasteiger partial charge in [-0.3, -0.25) is 9.80 Å². The van der Waals surface area contributed by atoms with Gasteiger partial charge in [0.15, 0.2) is 0 Å². The maximum Gasteiger partial charge on any atom is 0.410 e. The smallest absolute Gasteiger partial charge is 0.410 e. The van der Waals surface area contributed by atoms with Crippen LogP contribution in [-0.4, -0.2) is 99.2 Å². The highest BCUT2D eigenvalue weighted by Crippen LogP contribution is 2.50. The largest absolute Gasteiger partial charge is 0.444 e. The third-order valence-electron chi connectivity index (χ3n) is 19.8. The van der Waals surface area contributed by atoms with Crippen LogP contribution >= 0.6 is 0 Å². The summed E-state index contributed by atoms with van der Waals surface area (Å²) in [4.78, 5) is 68.5. The second-order valence-electron chi connectivity index (χ2n) is 28.5. The van der Waals surface area contributed by atoms with Crippen LogP contribution in [0, 0.1) is 11.6 Å². The lowest BCUT2D eigenvalue weighted by Crippen LogP contribution is -2.36. The second-order valence-corrected chi connectivity index (χ2v) is 28.5. The van der Waals surface area contributed by atoms with Crippen LogP contribution in [0.4, 0.5) is 29.7 Å². The van der Waals surface area contributed by atoms with E-state index in [1.165, 1.54) is 36.1 Å². The Bertz CT molecular complexity index is 4170. The molecule has 0 aliphatic carbocycles. The van der Waals surface area contributed by atoms with E-state index in [2.05, 4.69) is 113 Å². The minimum Gasteiger partial charge on any atom is -0.444 e. The number of carbonyl (C=O) groups excluding carboxylic acids is 2. The van der Waals surface area contributed by atoms with Gasteiger partial charge in [-0.1, -0.05) is 24.3 Å². The summed E-state index contributed by atoms with van der Waals surface area (Å²) in [6.45, 7) is 14.7. The van der Waals surface area contributed by atoms with Crippen molar-refractivity contribution in [1.29, 1.82) is 0 Å². The number of nitrogens with zero attached hydrogens (tertiary/aromatic N) is 8. The van der Waals surface area contributed by atoms with Crippen molar-refractivity contribution in [2.24, 2.45) is 0 Å². The molecule has 10 aromatic rings. The molecule has 0 bridgehead atoms. The van der Waals surface area contributed by atoms with Crippen LogP contribution in [0.15, 0.2) is 121 Å². The highest BCUT2D eigenvalue weighted by Gasteiger charge is 2.41. The number of hydrogen-bond acceptors (Lipinski definition) is 12. The Hall–Kier alpha value is -8.88. The van der Waals surface area contributed by atoms with Gasteiger partial charge in [-0.05, 0) is 251 Å². The van der Waals surface area contributed by atoms with Crippen molar-refractivity contribution in [2.45, 2.75) is 178 Å². The summed E-state index contributed by atoms with van der Waals surface area (Å²) >= 11 is 0. The zero-order valence-corrected chi connectivity index (χ0v) is 54.4. The standard InChI is InChI=1S/C42H50FN7O4.C32H34FN7/c1-41(2,3)53-39(51)48-21-7-9-35(48)37-44-29-17-11-25(23-31(29)46-37)33-19-20-34(50(33)28-15-13-27(43)14-16-28)26-12-18-30-32(24-26)47-38(45-30)36-10-8-22-49(36)40(52)54-42(4,5)6;33-21-7-9-22(10-8-21)40-29(19-5-11-23-27(17-19)38-31(36-23)25-3-1-15-34-25)13-14-30(40)20-6-12-24-28(18-20)39-32(37-24)26-4-2-16-35-26/h11-18,23-24,33-36H,7-10,19-22H2,1-6H3,(H,44,46)(H,45,47);5-12,17-18,25-26,29-30,34-35H,1-4,13-16H2,(H,36,38)(H,37,39)/t33?,34?,35-,36?;25-,26?,29?,30?/m00/s1. The van der Waals surface area contributed by atoms with Gasteiger partial charge >= 0.3 is 12.2 Å². The molecule has 10 heterocycles. The topological polar surface area (TPSA) is 204 Å². The number of H-pyrrole nitrogens is 4. The van der Waals surface area contributed by atoms with Crippen LogP contribution in [0.25, 0.3) is 44.1 Å². The molecule has 20 heteroatoms. The molecule has 0 spiro atoms. The first-order valence-electron chi connectivity index (χ1n) is 33.9. The Labute approximate surface area is 546 Å². The highest BCUT2D eigenvalue weighted by atomic mass is 19.1. The number of fused-ring (bicyclic) bond motifs is 4. The zero-order chi connectivity index (χ0) is 64.6. The van der Waals surface area contributed by atoms with Gasteiger partial charge in [-0.25, -0.2) is 38.3 Å². The second kappa shape index (κ2) is 24.8. The van der Waals surface area contributed by atoms with Crippen LogP contribution in [-0.2, 0) is 9.47 Å². The van der Waals surface area contributed by atoms with Crippen molar-refractivity contribution in [3.63, 3.8) is 0 Å². The van der Waals surface area contributed by atoms with Gasteiger partial charge in [-0.15, -0.1) is 0 Å². The lowest BCUT2D eigenvalue weighted by atomic mass is 10.0. The third kappa shape index (κ3) is 12.3. The lowest BCUT2D eigenvalue weighted by molar-refractivity contribution is 0.0208. The van der Waals surface area contributed by atoms with Gasteiger partial charge in [0.05, 0.1) is 92.5 Å². The molecule has 8 atom stereocenters. The van der Waals surface area contributed by atoms with E-state index in [0.29, 0.717) is 25.2 Å². The Kier molecular flexibility index (Phi) is 16.2. The molecule has 6 aliphatic heterocycles. The number of amides is 2. The molecular weight excluding hydrogens is 1190 g/mol. The average molecular weight is 1270 g/mol. The van der Waals surface area contributed by atoms with Gasteiger partial charge in [0.2, 0.25) is 0 Å². The average Bonchev–Trinajstić information content (AvgIpc) is 1.63. The van der Waals surface area contributed by atoms with Crippen molar-refractivity contribution < 1.29 is 27.8 Å². The quantitative estimate of drug-likeness (QED) is 0.0757. The first-order chi connectivity index (χ1) is 45.4. The summed E-state index contributed by atoms with van der Waals surface area (Å²) in [5, 5.41) is 7.09. The number of ether oxygens (including phenoxy) is 2. The monoisotopic (exact) mass is 1270 g/mol. The number of aromatic amines is 4. The SMILES string of the molecule is CC(C)(C)OC(=O)N1CCCC1c1nc2ccc(C3CCC(c4ccc5nc([C@@H]6CCCN6C(=O)OC(C)(C)C)[nH]c5c4)N3c3ccc(F)cc3)cc2[nH]1.Fc1ccc(N2C(c3ccc4nc(C5CCCN5)[nH]c4c3)CCC2c2ccc3nc([C@@H]4CCCN4)[nH]c3c2)cc1. The number of hydrogen-bond donors (Lipinski definition) is 6. The summed E-state index contributed by atoms with van der Waals surface area (Å²) in [6, 6.07) is 40.4. The van der Waals surface area contributed by atoms with Gasteiger partial charge in [0, 0.05) is 24.5 Å². The van der Waals surface area contributed by atoms with Gasteiger partial charge in [-0.2, -0.15) is 0 Å². The van der Waals surface area contributed by atoms with E-state index >= 15 is 0 Å². The molecule has 18 nitrogen and oxygen atoms in total. The van der Waals surface area contributed by atoms with E-state index in [1.807, 2.05) is 65.8 Å². The Balaban J connectivity index is 0.000000162. The summed E-state index contributed by atoms with van der Waals surface area (Å²) in [6.07, 6.45) is 11.2. The van der Waals surface area contributed by atoms with Crippen LogP contribution < -0.4 is 20.4 Å². The maximum absolute atomic E-state index is 14.2. The number of likely N-dealkylation sites (tertiary alicyclic amines) is 2. The van der Waals surface area contributed by atoms with E-state index in [-0.39, 0.29) is 60.1 Å². The van der Waals surface area contributed by atoms with Crippen molar-refractivity contribution in [2.75, 3.05) is 36.0 Å². The molecule has 6 unspecified atom stereocenters. The number of benzene rings is 6. The fraction of sp³-hybridized carbons (Fsp3) is 0.432. The molecule has 2 amide bonds. The number of carbonyl (C=O) groups is 2. The van der Waals surface area contributed by atoms with Crippen LogP contribution in [0.1, 0.15) is 212 Å². The third-order valence-corrected chi connectivity index (χ3v) is 19.8. The molecule has 4 aromatic heterocycles. The van der Waals surface area contributed by atoms with Gasteiger partial charge in [0.25, 0.3) is 0 Å². The highest BCUT2D eigenvalue weighted by molar-refractivity contribution is 5.80. The number of nitrogens with one attached hydrogen (secondary N) is 6. The molecule has 0 saturated carbocycles. The van der Waals surface area contributed by atoms with E-state index in [1.54, 1.807) is 21.9 Å². The van der Waals surface area contributed by atoms with Crippen molar-refractivity contribution in [1.82, 2.24) is 60.3 Å². The fourth-order valence-electron chi connectivity index (χ4n) is 15.6. The van der Waals surface area contributed by atoms with Crippen molar-refractivity contribution in [3.8, 4) is 0 Å². The first-order valence-corrected chi connectivity index (χ1v) is 33.9. The van der Waals surface area contributed by atoms with Gasteiger partial charge in [0.1, 0.15) is 46.1 Å². The number of aromatic nitrogens is 8. The van der Waals surface area contributed by atoms with Crippen LogP contribution in [0.5, 0.6) is 0 Å². The summed E-state index contributed by atoms with van der Waals surface area (Å²) in [5.74, 6) is 3.11. The number of rotatable bonds is 10. The lowest BCUT2D eigenvalue weighted by Gasteiger charge is -2.33. The van der Waals surface area contributed by atoms with Crippen molar-refractivity contribution in [3.05, 3.63) is 179 Å². The van der Waals surface area contributed by atoms with E-state index < -0.39 is 11.2 Å². The molecule has 0 radical (unpaired) electrons. The molecular formula is C74H84F2N14O4. The number of halogens is 2. The fourth-order valence-corrected chi connectivity index (χ4v) is 15.6. The summed E-state index contributed by atoms with van der Waals surface area (Å²) in [5.41, 5.74) is 13.3. The van der Waals surface area contributed by atoms with E-state index in [9.17, 15) is 18.4 Å². The molecule has 6 fully saturated rings. The normalized spacial score (nSPS) is 23.4. The Morgan fingerprint density at radius 2 is 0.723 bits per heavy atom. The maximum atomic E-state index is 14.2. The number of anilines is 2. The summed E-state index contributed by atoms with van der Waals surface area (Å²) < 4.78 is 39.6.